The summed E-state index contributed by atoms with van der Waals surface area (Å²) in [6, 6.07) is 21.0. The molecule has 2 heteroatoms. The number of allylic oxidation sites excluding steroid dienone is 1. The first kappa shape index (κ1) is 14.3. The van der Waals surface area contributed by atoms with Crippen molar-refractivity contribution < 1.29 is 30.6 Å². The van der Waals surface area contributed by atoms with Gasteiger partial charge < -0.3 is 4.42 Å². The van der Waals surface area contributed by atoms with Crippen molar-refractivity contribution in [1.29, 1.82) is 0 Å². The van der Waals surface area contributed by atoms with Gasteiger partial charge in [0.1, 0.15) is 5.76 Å². The molecule has 2 aromatic carbocycles. The van der Waals surface area contributed by atoms with E-state index in [9.17, 15) is 0 Å². The van der Waals surface area contributed by atoms with Crippen molar-refractivity contribution in [3.05, 3.63) is 83.8 Å². The predicted molar refractivity (Wildman–Crippen MR) is 82.2 cm³/mol. The van der Waals surface area contributed by atoms with E-state index in [1.165, 1.54) is 27.8 Å². The van der Waals surface area contributed by atoms with Gasteiger partial charge in [0, 0.05) is 32.6 Å². The first-order valence-electron chi connectivity index (χ1n) is 6.83. The molecule has 1 nitrogen and oxygen atoms in total. The first-order chi connectivity index (χ1) is 9.92. The molecule has 1 aliphatic carbocycles. The molecule has 3 aromatic rings. The van der Waals surface area contributed by atoms with E-state index >= 15 is 0 Å². The largest absolute Gasteiger partial charge is 0.465 e. The maximum atomic E-state index is 5.53. The van der Waals surface area contributed by atoms with Gasteiger partial charge in [0.25, 0.3) is 0 Å². The van der Waals surface area contributed by atoms with Gasteiger partial charge in [-0.15, -0.1) is 0 Å². The summed E-state index contributed by atoms with van der Waals surface area (Å²) >= 11 is 0. The van der Waals surface area contributed by atoms with Crippen LogP contribution in [0.25, 0.3) is 22.8 Å². The zero-order valence-electron chi connectivity index (χ0n) is 11.5. The molecule has 1 aromatic heterocycles. The van der Waals surface area contributed by atoms with E-state index in [1.807, 2.05) is 12.1 Å². The Bertz CT molecular complexity index is 771. The molecular weight excluding hydrogens is 335 g/mol. The van der Waals surface area contributed by atoms with Gasteiger partial charge in [-0.3, -0.25) is 0 Å². The third kappa shape index (κ3) is 2.61. The van der Waals surface area contributed by atoms with E-state index in [-0.39, 0.29) is 26.2 Å². The zero-order valence-corrected chi connectivity index (χ0v) is 14.0. The molecule has 0 spiro atoms. The Morgan fingerprint density at radius 3 is 2.43 bits per heavy atom. The fourth-order valence-corrected chi connectivity index (χ4v) is 2.86. The van der Waals surface area contributed by atoms with Gasteiger partial charge in [-0.1, -0.05) is 48.5 Å². The number of hydrogen-bond acceptors (Lipinski definition) is 1. The average Bonchev–Trinajstić information content (AvgIpc) is 3.16. The maximum Gasteiger partial charge on any atom is 0.130 e. The minimum Gasteiger partial charge on any atom is -0.465 e. The molecule has 100 valence electrons. The summed E-state index contributed by atoms with van der Waals surface area (Å²) in [6.07, 6.45) is 4.94. The fraction of sp³-hybridized carbons (Fsp3) is 0.0526. The quantitative estimate of drug-likeness (QED) is 0.632. The standard InChI is InChI=1S/C19H14O.Zr/c1-2-6-14(7-3-1)17-9-4-8-15-12-16(13-18(15)17)19-10-5-11-20-19;/h1-11,13H,12H2;. The van der Waals surface area contributed by atoms with Crippen molar-refractivity contribution in [3.8, 4) is 11.1 Å². The molecule has 21 heavy (non-hydrogen) atoms. The Labute approximate surface area is 143 Å². The molecule has 0 saturated carbocycles. The smallest absolute Gasteiger partial charge is 0.130 e. The summed E-state index contributed by atoms with van der Waals surface area (Å²) < 4.78 is 5.53. The number of benzene rings is 2. The van der Waals surface area contributed by atoms with Crippen molar-refractivity contribution in [3.63, 3.8) is 0 Å². The van der Waals surface area contributed by atoms with Crippen LogP contribution in [0, 0.1) is 0 Å². The van der Waals surface area contributed by atoms with Gasteiger partial charge >= 0.3 is 0 Å². The van der Waals surface area contributed by atoms with Crippen molar-refractivity contribution in [1.82, 2.24) is 0 Å². The Hall–Kier alpha value is -1.66. The van der Waals surface area contributed by atoms with E-state index in [1.54, 1.807) is 6.26 Å². The SMILES string of the molecule is C1=C(c2ccco2)Cc2cccc(-c3ccccc3)c21.[Zr]. The van der Waals surface area contributed by atoms with E-state index in [2.05, 4.69) is 54.6 Å². The van der Waals surface area contributed by atoms with Gasteiger partial charge in [-0.2, -0.15) is 0 Å². The Morgan fingerprint density at radius 2 is 1.67 bits per heavy atom. The Kier molecular flexibility index (Phi) is 4.08. The third-order valence-electron chi connectivity index (χ3n) is 3.82. The number of rotatable bonds is 2. The maximum absolute atomic E-state index is 5.53. The molecule has 4 rings (SSSR count). The molecular formula is C19H14OZr. The van der Waals surface area contributed by atoms with Crippen LogP contribution in [0.2, 0.25) is 0 Å². The van der Waals surface area contributed by atoms with Crippen LogP contribution in [0.15, 0.2) is 71.3 Å². The number of furan rings is 1. The van der Waals surface area contributed by atoms with Gasteiger partial charge in [0.2, 0.25) is 0 Å². The van der Waals surface area contributed by atoms with Crippen LogP contribution >= 0.6 is 0 Å². The molecule has 0 bridgehead atoms. The second-order valence-corrected chi connectivity index (χ2v) is 5.07. The van der Waals surface area contributed by atoms with Crippen LogP contribution in [0.4, 0.5) is 0 Å². The minimum atomic E-state index is 0. The van der Waals surface area contributed by atoms with E-state index in [4.69, 9.17) is 4.42 Å². The molecule has 0 amide bonds. The van der Waals surface area contributed by atoms with Gasteiger partial charge in [-0.05, 0) is 46.0 Å². The summed E-state index contributed by atoms with van der Waals surface area (Å²) in [4.78, 5) is 0. The summed E-state index contributed by atoms with van der Waals surface area (Å²) in [7, 11) is 0. The second kappa shape index (κ2) is 5.99. The van der Waals surface area contributed by atoms with Gasteiger partial charge in [-0.25, -0.2) is 0 Å². The zero-order chi connectivity index (χ0) is 13.4. The van der Waals surface area contributed by atoms with Crippen LogP contribution in [-0.4, -0.2) is 0 Å². The van der Waals surface area contributed by atoms with Gasteiger partial charge in [0.05, 0.1) is 6.26 Å². The number of fused-ring (bicyclic) bond motifs is 1. The Balaban J connectivity index is 0.00000132. The fourth-order valence-electron chi connectivity index (χ4n) is 2.86. The molecule has 0 saturated heterocycles. The molecule has 0 atom stereocenters. The van der Waals surface area contributed by atoms with E-state index in [0.717, 1.165) is 12.2 Å². The van der Waals surface area contributed by atoms with Crippen LogP contribution in [0.3, 0.4) is 0 Å². The van der Waals surface area contributed by atoms with Crippen molar-refractivity contribution in [2.24, 2.45) is 0 Å². The molecule has 1 aliphatic rings. The molecule has 0 radical (unpaired) electrons. The average molecular weight is 350 g/mol. The summed E-state index contributed by atoms with van der Waals surface area (Å²) in [5.41, 5.74) is 6.52. The van der Waals surface area contributed by atoms with Crippen LogP contribution in [0.5, 0.6) is 0 Å². The number of hydrogen-bond donors (Lipinski definition) is 0. The van der Waals surface area contributed by atoms with Crippen molar-refractivity contribution >= 4 is 11.6 Å². The van der Waals surface area contributed by atoms with Gasteiger partial charge in [0.15, 0.2) is 0 Å². The first-order valence-corrected chi connectivity index (χ1v) is 6.83. The van der Waals surface area contributed by atoms with Crippen LogP contribution in [-0.2, 0) is 32.6 Å². The molecule has 0 fully saturated rings. The second-order valence-electron chi connectivity index (χ2n) is 5.07. The van der Waals surface area contributed by atoms with Crippen molar-refractivity contribution in [2.75, 3.05) is 0 Å². The van der Waals surface area contributed by atoms with Crippen LogP contribution in [0.1, 0.15) is 16.9 Å². The summed E-state index contributed by atoms with van der Waals surface area (Å²) in [5, 5.41) is 0. The molecule has 0 N–H and O–H groups in total. The molecule has 0 aliphatic heterocycles. The summed E-state index contributed by atoms with van der Waals surface area (Å²) in [6.45, 7) is 0. The van der Waals surface area contributed by atoms with Crippen molar-refractivity contribution in [2.45, 2.75) is 6.42 Å². The molecule has 0 unspecified atom stereocenters. The minimum absolute atomic E-state index is 0. The monoisotopic (exact) mass is 348 g/mol. The topological polar surface area (TPSA) is 13.1 Å². The van der Waals surface area contributed by atoms with Crippen LogP contribution < -0.4 is 0 Å². The third-order valence-corrected chi connectivity index (χ3v) is 3.82. The normalized spacial score (nSPS) is 12.5. The predicted octanol–water partition coefficient (Wildman–Crippen LogP) is 5.04. The Morgan fingerprint density at radius 1 is 0.810 bits per heavy atom. The molecule has 1 heterocycles. The van der Waals surface area contributed by atoms with E-state index in [0.29, 0.717) is 0 Å². The summed E-state index contributed by atoms with van der Waals surface area (Å²) in [5.74, 6) is 0.972. The van der Waals surface area contributed by atoms with E-state index < -0.39 is 0 Å².